The number of hydrogen-bond donors (Lipinski definition) is 2. The Bertz CT molecular complexity index is 1290. The van der Waals surface area contributed by atoms with Gasteiger partial charge in [0.05, 0.1) is 30.2 Å². The number of carbonyl (C=O) groups excluding carboxylic acids is 3. The van der Waals surface area contributed by atoms with E-state index in [1.54, 1.807) is 17.0 Å². The van der Waals surface area contributed by atoms with Crippen molar-refractivity contribution in [3.8, 4) is 5.75 Å². The van der Waals surface area contributed by atoms with Crippen LogP contribution in [0.25, 0.3) is 0 Å². The molecule has 2 aromatic carbocycles. The van der Waals surface area contributed by atoms with Gasteiger partial charge in [0, 0.05) is 11.6 Å². The first-order valence-corrected chi connectivity index (χ1v) is 14.1. The van der Waals surface area contributed by atoms with Crippen molar-refractivity contribution >= 4 is 51.9 Å². The number of amidine groups is 2. The molecule has 0 aromatic heterocycles. The Morgan fingerprint density at radius 3 is 2.61 bits per heavy atom. The molecule has 1 unspecified atom stereocenters. The van der Waals surface area contributed by atoms with Crippen molar-refractivity contribution in [2.75, 3.05) is 17.7 Å². The van der Waals surface area contributed by atoms with Crippen molar-refractivity contribution in [3.05, 3.63) is 54.1 Å². The van der Waals surface area contributed by atoms with Crippen LogP contribution in [0, 0.1) is 0 Å². The topological polar surface area (TPSA) is 112 Å². The lowest BCUT2D eigenvalue weighted by molar-refractivity contribution is -0.127. The third-order valence-electron chi connectivity index (χ3n) is 6.75. The van der Waals surface area contributed by atoms with Gasteiger partial charge < -0.3 is 15.4 Å². The van der Waals surface area contributed by atoms with Crippen molar-refractivity contribution in [2.24, 2.45) is 9.98 Å². The number of benzene rings is 2. The second-order valence-electron chi connectivity index (χ2n) is 9.44. The highest BCUT2D eigenvalue weighted by molar-refractivity contribution is 8.14. The van der Waals surface area contributed by atoms with Crippen molar-refractivity contribution in [1.82, 2.24) is 10.2 Å². The molecule has 9 nitrogen and oxygen atoms in total. The highest BCUT2D eigenvalue weighted by atomic mass is 32.2. The molecule has 1 saturated carbocycles. The Kier molecular flexibility index (Phi) is 8.07. The van der Waals surface area contributed by atoms with Crippen LogP contribution in [-0.4, -0.2) is 58.1 Å². The number of para-hydroxylation sites is 3. The van der Waals surface area contributed by atoms with E-state index < -0.39 is 6.04 Å². The number of carbonyl (C=O) groups is 3. The summed E-state index contributed by atoms with van der Waals surface area (Å²) in [7, 11) is 0. The van der Waals surface area contributed by atoms with Crippen molar-refractivity contribution < 1.29 is 19.1 Å². The molecule has 0 bridgehead atoms. The summed E-state index contributed by atoms with van der Waals surface area (Å²) in [6.45, 7) is 2.37. The van der Waals surface area contributed by atoms with Gasteiger partial charge in [0.15, 0.2) is 5.17 Å². The fourth-order valence-electron chi connectivity index (χ4n) is 4.98. The standard InChI is InChI=1S/C28H31N5O4S/c1-2-37-23-15-9-8-14-21(23)30-25(35)17-38-28-31-20-13-7-6-12-19(20)26-32-27(36)22(33(26)28)16-24(34)29-18-10-4-3-5-11-18/h6-9,12-15,18,22H,2-5,10-11,16-17H2,1H3,(H,29,34)(H,30,35). The molecule has 2 N–H and O–H groups in total. The first kappa shape index (κ1) is 26.0. The van der Waals surface area contributed by atoms with Gasteiger partial charge >= 0.3 is 0 Å². The molecule has 2 heterocycles. The second-order valence-corrected chi connectivity index (χ2v) is 10.4. The summed E-state index contributed by atoms with van der Waals surface area (Å²) in [6.07, 6.45) is 5.32. The summed E-state index contributed by atoms with van der Waals surface area (Å²) < 4.78 is 5.60. The number of ether oxygens (including phenoxy) is 1. The minimum absolute atomic E-state index is 0.0159. The number of nitrogens with one attached hydrogen (secondary N) is 2. The Labute approximate surface area is 226 Å². The van der Waals surface area contributed by atoms with E-state index in [2.05, 4.69) is 15.6 Å². The maximum Gasteiger partial charge on any atom is 0.271 e. The lowest BCUT2D eigenvalue weighted by Gasteiger charge is -2.31. The monoisotopic (exact) mass is 533 g/mol. The van der Waals surface area contributed by atoms with Crippen molar-refractivity contribution in [1.29, 1.82) is 0 Å². The summed E-state index contributed by atoms with van der Waals surface area (Å²) in [5.74, 6) is 0.348. The lowest BCUT2D eigenvalue weighted by atomic mass is 9.95. The van der Waals surface area contributed by atoms with Crippen molar-refractivity contribution in [2.45, 2.75) is 57.5 Å². The van der Waals surface area contributed by atoms with Crippen LogP contribution in [0.15, 0.2) is 58.5 Å². The summed E-state index contributed by atoms with van der Waals surface area (Å²) in [4.78, 5) is 49.6. The molecule has 38 heavy (non-hydrogen) atoms. The molecular weight excluding hydrogens is 502 g/mol. The number of amides is 3. The van der Waals surface area contributed by atoms with Gasteiger partial charge in [-0.2, -0.15) is 4.99 Å². The smallest absolute Gasteiger partial charge is 0.271 e. The largest absolute Gasteiger partial charge is 0.492 e. The van der Waals surface area contributed by atoms with Crippen LogP contribution < -0.4 is 15.4 Å². The zero-order chi connectivity index (χ0) is 26.5. The van der Waals surface area contributed by atoms with E-state index in [1.807, 2.05) is 43.3 Å². The minimum Gasteiger partial charge on any atom is -0.492 e. The number of thioether (sulfide) groups is 1. The van der Waals surface area contributed by atoms with E-state index >= 15 is 0 Å². The summed E-state index contributed by atoms with van der Waals surface area (Å²) in [5, 5.41) is 6.46. The van der Waals surface area contributed by atoms with E-state index in [0.29, 0.717) is 34.7 Å². The van der Waals surface area contributed by atoms with E-state index in [9.17, 15) is 14.4 Å². The van der Waals surface area contributed by atoms with Crippen molar-refractivity contribution in [3.63, 3.8) is 0 Å². The average molecular weight is 534 g/mol. The molecule has 0 radical (unpaired) electrons. The SMILES string of the molecule is CCOc1ccccc1NC(=O)CSC1=Nc2ccccc2C2=NC(=O)C(CC(=O)NC3CCCCC3)N12. The van der Waals surface area contributed by atoms with Gasteiger partial charge in [-0.3, -0.25) is 19.3 Å². The van der Waals surface area contributed by atoms with Crippen LogP contribution in [0.4, 0.5) is 11.4 Å². The predicted molar refractivity (Wildman–Crippen MR) is 149 cm³/mol. The van der Waals surface area contributed by atoms with E-state index in [0.717, 1.165) is 31.2 Å². The molecule has 1 fully saturated rings. The van der Waals surface area contributed by atoms with Gasteiger partial charge in [-0.05, 0) is 44.0 Å². The van der Waals surface area contributed by atoms with Crippen LogP contribution in [0.5, 0.6) is 5.75 Å². The minimum atomic E-state index is -0.796. The molecule has 1 atom stereocenters. The molecule has 2 aromatic rings. The number of fused-ring (bicyclic) bond motifs is 3. The van der Waals surface area contributed by atoms with E-state index in [1.165, 1.54) is 18.2 Å². The fraction of sp³-hybridized carbons (Fsp3) is 0.393. The number of rotatable bonds is 8. The van der Waals surface area contributed by atoms with E-state index in [-0.39, 0.29) is 35.9 Å². The molecule has 3 aliphatic rings. The molecule has 3 amide bonds. The third kappa shape index (κ3) is 5.75. The van der Waals surface area contributed by atoms with Gasteiger partial charge in [0.2, 0.25) is 11.8 Å². The number of aliphatic imine (C=N–C) groups is 2. The molecule has 2 aliphatic heterocycles. The number of nitrogens with zero attached hydrogens (tertiary/aromatic N) is 3. The molecule has 198 valence electrons. The average Bonchev–Trinajstić information content (AvgIpc) is 3.25. The Balaban J connectivity index is 1.31. The molecule has 0 spiro atoms. The second kappa shape index (κ2) is 11.8. The maximum absolute atomic E-state index is 13.0. The maximum atomic E-state index is 13.0. The normalized spacial score (nSPS) is 18.7. The summed E-state index contributed by atoms with van der Waals surface area (Å²) >= 11 is 1.21. The summed E-state index contributed by atoms with van der Waals surface area (Å²) in [6, 6.07) is 14.1. The van der Waals surface area contributed by atoms with Crippen LogP contribution in [0.2, 0.25) is 0 Å². The number of hydrogen-bond acceptors (Lipinski definition) is 7. The Morgan fingerprint density at radius 1 is 1.03 bits per heavy atom. The van der Waals surface area contributed by atoms with Gasteiger partial charge in [-0.1, -0.05) is 55.3 Å². The molecule has 10 heteroatoms. The Hall–Kier alpha value is -3.66. The molecule has 0 saturated heterocycles. The summed E-state index contributed by atoms with van der Waals surface area (Å²) in [5.41, 5.74) is 1.99. The lowest BCUT2D eigenvalue weighted by Crippen LogP contribution is -2.47. The van der Waals surface area contributed by atoms with Crippen LogP contribution in [0.1, 0.15) is 51.0 Å². The van der Waals surface area contributed by atoms with Crippen LogP contribution in [0.3, 0.4) is 0 Å². The quantitative estimate of drug-likeness (QED) is 0.525. The molecule has 1 aliphatic carbocycles. The molecular formula is C28H31N5O4S. The fourth-order valence-corrected chi connectivity index (χ4v) is 5.83. The van der Waals surface area contributed by atoms with Gasteiger partial charge in [0.25, 0.3) is 5.91 Å². The first-order chi connectivity index (χ1) is 18.5. The van der Waals surface area contributed by atoms with Gasteiger partial charge in [-0.25, -0.2) is 4.99 Å². The zero-order valence-electron chi connectivity index (χ0n) is 21.3. The van der Waals surface area contributed by atoms with Gasteiger partial charge in [0.1, 0.15) is 17.6 Å². The van der Waals surface area contributed by atoms with Crippen LogP contribution >= 0.6 is 11.8 Å². The third-order valence-corrected chi connectivity index (χ3v) is 7.70. The Morgan fingerprint density at radius 2 is 1.79 bits per heavy atom. The van der Waals surface area contributed by atoms with Gasteiger partial charge in [-0.15, -0.1) is 0 Å². The number of anilines is 1. The zero-order valence-corrected chi connectivity index (χ0v) is 22.1. The highest BCUT2D eigenvalue weighted by Crippen LogP contribution is 2.35. The van der Waals surface area contributed by atoms with E-state index in [4.69, 9.17) is 9.73 Å². The first-order valence-electron chi connectivity index (χ1n) is 13.1. The predicted octanol–water partition coefficient (Wildman–Crippen LogP) is 4.25. The molecule has 5 rings (SSSR count). The van der Waals surface area contributed by atoms with Crippen LogP contribution in [-0.2, 0) is 14.4 Å². The highest BCUT2D eigenvalue weighted by Gasteiger charge is 2.43.